The number of carbonyl (C=O) groups is 2. The molecule has 0 saturated carbocycles. The SMILES string of the molecule is CCC(NC(=O)/C(=C/c1cccs1)NC(=O)c1ccc(C)cc1)c1ccccc1C. The van der Waals surface area contributed by atoms with Crippen LogP contribution in [0.15, 0.2) is 71.7 Å². The second-order valence-corrected chi connectivity index (χ2v) is 8.16. The van der Waals surface area contributed by atoms with E-state index in [2.05, 4.69) is 10.6 Å². The van der Waals surface area contributed by atoms with E-state index in [4.69, 9.17) is 0 Å². The normalized spacial score (nSPS) is 12.3. The molecule has 3 aromatic rings. The molecule has 4 nitrogen and oxygen atoms in total. The minimum Gasteiger partial charge on any atom is -0.344 e. The molecule has 0 aliphatic carbocycles. The Morgan fingerprint density at radius 3 is 2.37 bits per heavy atom. The minimum atomic E-state index is -0.308. The van der Waals surface area contributed by atoms with Gasteiger partial charge in [-0.15, -0.1) is 11.3 Å². The summed E-state index contributed by atoms with van der Waals surface area (Å²) in [6, 6.07) is 19.0. The van der Waals surface area contributed by atoms with Crippen LogP contribution in [0.4, 0.5) is 0 Å². The highest BCUT2D eigenvalue weighted by Crippen LogP contribution is 2.21. The number of rotatable bonds is 7. The lowest BCUT2D eigenvalue weighted by atomic mass is 9.99. The minimum absolute atomic E-state index is 0.137. The summed E-state index contributed by atoms with van der Waals surface area (Å²) < 4.78 is 0. The van der Waals surface area contributed by atoms with Gasteiger partial charge in [0.25, 0.3) is 11.8 Å². The molecular weight excluding hydrogens is 392 g/mol. The molecule has 0 aliphatic rings. The van der Waals surface area contributed by atoms with Crippen molar-refractivity contribution < 1.29 is 9.59 Å². The van der Waals surface area contributed by atoms with E-state index in [9.17, 15) is 9.59 Å². The largest absolute Gasteiger partial charge is 0.344 e. The number of benzene rings is 2. The Bertz CT molecular complexity index is 1040. The second-order valence-electron chi connectivity index (χ2n) is 7.18. The molecule has 154 valence electrons. The van der Waals surface area contributed by atoms with Crippen LogP contribution in [0.5, 0.6) is 0 Å². The number of aryl methyl sites for hydroxylation is 2. The lowest BCUT2D eigenvalue weighted by molar-refractivity contribution is -0.118. The van der Waals surface area contributed by atoms with Gasteiger partial charge in [0.1, 0.15) is 5.70 Å². The molecule has 2 N–H and O–H groups in total. The molecule has 0 spiro atoms. The third-order valence-corrected chi connectivity index (χ3v) is 5.73. The molecule has 5 heteroatoms. The van der Waals surface area contributed by atoms with Crippen molar-refractivity contribution >= 4 is 29.2 Å². The van der Waals surface area contributed by atoms with E-state index < -0.39 is 0 Å². The zero-order valence-electron chi connectivity index (χ0n) is 17.4. The van der Waals surface area contributed by atoms with E-state index in [1.54, 1.807) is 18.2 Å². The van der Waals surface area contributed by atoms with Crippen LogP contribution in [-0.4, -0.2) is 11.8 Å². The first kappa shape index (κ1) is 21.5. The predicted molar refractivity (Wildman–Crippen MR) is 123 cm³/mol. The Hall–Kier alpha value is -3.18. The van der Waals surface area contributed by atoms with Crippen molar-refractivity contribution in [2.45, 2.75) is 33.2 Å². The summed E-state index contributed by atoms with van der Waals surface area (Å²) in [6.07, 6.45) is 2.46. The fraction of sp³-hybridized carbons (Fsp3) is 0.200. The van der Waals surface area contributed by atoms with Crippen molar-refractivity contribution in [1.82, 2.24) is 10.6 Å². The lowest BCUT2D eigenvalue weighted by Gasteiger charge is -2.20. The van der Waals surface area contributed by atoms with Crippen molar-refractivity contribution in [2.75, 3.05) is 0 Å². The van der Waals surface area contributed by atoms with Gasteiger partial charge in [0.05, 0.1) is 6.04 Å². The molecule has 2 amide bonds. The topological polar surface area (TPSA) is 58.2 Å². The van der Waals surface area contributed by atoms with Gasteiger partial charge in [-0.2, -0.15) is 0 Å². The standard InChI is InChI=1S/C25H26N2O2S/c1-4-22(21-10-6-5-8-18(21)3)26-25(29)23(16-20-9-7-15-30-20)27-24(28)19-13-11-17(2)12-14-19/h5-16,22H,4H2,1-3H3,(H,26,29)(H,27,28)/b23-16-. The summed E-state index contributed by atoms with van der Waals surface area (Å²) in [5, 5.41) is 7.82. The smallest absolute Gasteiger partial charge is 0.268 e. The molecule has 0 fully saturated rings. The van der Waals surface area contributed by atoms with Crippen molar-refractivity contribution in [3.8, 4) is 0 Å². The van der Waals surface area contributed by atoms with Crippen LogP contribution in [0.25, 0.3) is 6.08 Å². The van der Waals surface area contributed by atoms with Crippen LogP contribution >= 0.6 is 11.3 Å². The van der Waals surface area contributed by atoms with Gasteiger partial charge in [-0.1, -0.05) is 55.0 Å². The van der Waals surface area contributed by atoms with Gasteiger partial charge in [0, 0.05) is 10.4 Å². The van der Waals surface area contributed by atoms with Crippen molar-refractivity contribution in [1.29, 1.82) is 0 Å². The molecule has 0 radical (unpaired) electrons. The molecule has 1 heterocycles. The van der Waals surface area contributed by atoms with E-state index in [0.29, 0.717) is 5.56 Å². The predicted octanol–water partition coefficient (Wildman–Crippen LogP) is 5.40. The van der Waals surface area contributed by atoms with E-state index in [-0.39, 0.29) is 23.6 Å². The van der Waals surface area contributed by atoms with Gasteiger partial charge in [-0.25, -0.2) is 0 Å². The average molecular weight is 419 g/mol. The van der Waals surface area contributed by atoms with Crippen LogP contribution in [0.2, 0.25) is 0 Å². The molecule has 3 rings (SSSR count). The van der Waals surface area contributed by atoms with Gasteiger partial charge in [0.2, 0.25) is 0 Å². The van der Waals surface area contributed by atoms with E-state index in [0.717, 1.165) is 28.0 Å². The number of thiophene rings is 1. The zero-order valence-corrected chi connectivity index (χ0v) is 18.3. The van der Waals surface area contributed by atoms with Crippen LogP contribution in [0, 0.1) is 13.8 Å². The Labute approximate surface area is 181 Å². The number of hydrogen-bond acceptors (Lipinski definition) is 3. The fourth-order valence-electron chi connectivity index (χ4n) is 3.19. The van der Waals surface area contributed by atoms with Crippen LogP contribution in [0.1, 0.15) is 51.3 Å². The fourth-order valence-corrected chi connectivity index (χ4v) is 3.84. The molecule has 1 aromatic heterocycles. The first-order chi connectivity index (χ1) is 14.5. The summed E-state index contributed by atoms with van der Waals surface area (Å²) in [5.74, 6) is -0.615. The Morgan fingerprint density at radius 2 is 1.73 bits per heavy atom. The summed E-state index contributed by atoms with van der Waals surface area (Å²) in [5.41, 5.74) is 4.01. The second kappa shape index (κ2) is 10.0. The molecular formula is C25H26N2O2S. The highest BCUT2D eigenvalue weighted by atomic mass is 32.1. The van der Waals surface area contributed by atoms with Crippen LogP contribution in [0.3, 0.4) is 0 Å². The van der Waals surface area contributed by atoms with Crippen LogP contribution < -0.4 is 10.6 Å². The summed E-state index contributed by atoms with van der Waals surface area (Å²) in [4.78, 5) is 26.8. The van der Waals surface area contributed by atoms with Gasteiger partial charge in [-0.05, 0) is 61.1 Å². The van der Waals surface area contributed by atoms with Gasteiger partial charge in [-0.3, -0.25) is 9.59 Å². The monoisotopic (exact) mass is 418 g/mol. The highest BCUT2D eigenvalue weighted by molar-refractivity contribution is 7.10. The summed E-state index contributed by atoms with van der Waals surface area (Å²) in [7, 11) is 0. The van der Waals surface area contributed by atoms with Gasteiger partial charge in [0.15, 0.2) is 0 Å². The van der Waals surface area contributed by atoms with Crippen LogP contribution in [-0.2, 0) is 4.79 Å². The molecule has 0 bridgehead atoms. The molecule has 0 saturated heterocycles. The molecule has 2 aromatic carbocycles. The van der Waals surface area contributed by atoms with E-state index in [1.807, 2.05) is 74.7 Å². The lowest BCUT2D eigenvalue weighted by Crippen LogP contribution is -2.37. The Kier molecular flexibility index (Phi) is 7.20. The highest BCUT2D eigenvalue weighted by Gasteiger charge is 2.19. The Morgan fingerprint density at radius 1 is 1.00 bits per heavy atom. The maximum absolute atomic E-state index is 13.2. The van der Waals surface area contributed by atoms with Gasteiger partial charge < -0.3 is 10.6 Å². The number of carbonyl (C=O) groups excluding carboxylic acids is 2. The maximum Gasteiger partial charge on any atom is 0.268 e. The maximum atomic E-state index is 13.2. The van der Waals surface area contributed by atoms with Crippen molar-refractivity contribution in [3.63, 3.8) is 0 Å². The summed E-state index contributed by atoms with van der Waals surface area (Å²) in [6.45, 7) is 6.03. The van der Waals surface area contributed by atoms with Crippen molar-refractivity contribution in [2.24, 2.45) is 0 Å². The van der Waals surface area contributed by atoms with Crippen molar-refractivity contribution in [3.05, 3.63) is 98.9 Å². The average Bonchev–Trinajstić information content (AvgIpc) is 3.25. The van der Waals surface area contributed by atoms with E-state index in [1.165, 1.54) is 11.3 Å². The van der Waals surface area contributed by atoms with Gasteiger partial charge >= 0.3 is 0 Å². The third kappa shape index (κ3) is 5.45. The number of nitrogens with one attached hydrogen (secondary N) is 2. The molecule has 1 unspecified atom stereocenters. The number of hydrogen-bond donors (Lipinski definition) is 2. The molecule has 30 heavy (non-hydrogen) atoms. The first-order valence-electron chi connectivity index (χ1n) is 9.97. The quantitative estimate of drug-likeness (QED) is 0.505. The number of amides is 2. The third-order valence-electron chi connectivity index (χ3n) is 4.91. The first-order valence-corrected chi connectivity index (χ1v) is 10.9. The summed E-state index contributed by atoms with van der Waals surface area (Å²) >= 11 is 1.51. The Balaban J connectivity index is 1.84. The zero-order chi connectivity index (χ0) is 21.5. The van der Waals surface area contributed by atoms with E-state index >= 15 is 0 Å². The molecule has 0 aliphatic heterocycles. The molecule has 1 atom stereocenters.